The lowest BCUT2D eigenvalue weighted by Crippen LogP contribution is -2.03. The first kappa shape index (κ1) is 11.4. The van der Waals surface area contributed by atoms with Crippen LogP contribution in [-0.2, 0) is 19.0 Å². The van der Waals surface area contributed by atoms with E-state index in [0.717, 1.165) is 19.4 Å². The third-order valence-corrected chi connectivity index (χ3v) is 1.26. The van der Waals surface area contributed by atoms with Crippen molar-refractivity contribution in [1.82, 2.24) is 0 Å². The Morgan fingerprint density at radius 1 is 1.08 bits per heavy atom. The molecule has 4 heteroatoms. The lowest BCUT2D eigenvalue weighted by Gasteiger charge is -2.02. The highest BCUT2D eigenvalue weighted by atomic mass is 16.5. The summed E-state index contributed by atoms with van der Waals surface area (Å²) in [5.41, 5.74) is 0. The maximum absolute atomic E-state index is 9.70. The summed E-state index contributed by atoms with van der Waals surface area (Å²) in [4.78, 5) is 9.70. The molecule has 0 saturated heterocycles. The predicted octanol–water partition coefficient (Wildman–Crippen LogP) is 0.603. The summed E-state index contributed by atoms with van der Waals surface area (Å²) < 4.78 is 14.5. The molecule has 0 aliphatic carbocycles. The van der Waals surface area contributed by atoms with Crippen molar-refractivity contribution in [3.63, 3.8) is 0 Å². The Labute approximate surface area is 72.8 Å². The monoisotopic (exact) mass is 176 g/mol. The molecule has 0 radical (unpaired) electrons. The van der Waals surface area contributed by atoms with Crippen LogP contribution in [0.3, 0.4) is 0 Å². The first-order valence-corrected chi connectivity index (χ1v) is 4.03. The summed E-state index contributed by atoms with van der Waals surface area (Å²) in [7, 11) is 1.66. The first-order valence-electron chi connectivity index (χ1n) is 4.03. The summed E-state index contributed by atoms with van der Waals surface area (Å²) >= 11 is 0. The first-order chi connectivity index (χ1) is 5.91. The smallest absolute Gasteiger partial charge is 0.293 e. The molecule has 0 N–H and O–H groups in total. The SMILES string of the molecule is COCCCOCCCOC=O. The van der Waals surface area contributed by atoms with E-state index in [1.807, 2.05) is 0 Å². The Balaban J connectivity index is 2.77. The van der Waals surface area contributed by atoms with Crippen molar-refractivity contribution < 1.29 is 19.0 Å². The van der Waals surface area contributed by atoms with Gasteiger partial charge in [0.25, 0.3) is 6.47 Å². The molecule has 4 nitrogen and oxygen atoms in total. The van der Waals surface area contributed by atoms with Crippen LogP contribution < -0.4 is 0 Å². The lowest BCUT2D eigenvalue weighted by atomic mass is 10.4. The van der Waals surface area contributed by atoms with E-state index in [0.29, 0.717) is 26.3 Å². The minimum Gasteiger partial charge on any atom is -0.468 e. The number of ether oxygens (including phenoxy) is 3. The molecule has 0 aliphatic heterocycles. The fourth-order valence-electron chi connectivity index (χ4n) is 0.700. The van der Waals surface area contributed by atoms with Gasteiger partial charge in [0.1, 0.15) is 0 Å². The van der Waals surface area contributed by atoms with Crippen molar-refractivity contribution in [2.45, 2.75) is 12.8 Å². The maximum Gasteiger partial charge on any atom is 0.293 e. The molecule has 0 heterocycles. The zero-order valence-electron chi connectivity index (χ0n) is 7.45. The summed E-state index contributed by atoms with van der Waals surface area (Å²) in [6.07, 6.45) is 1.66. The van der Waals surface area contributed by atoms with Gasteiger partial charge in [-0.15, -0.1) is 0 Å². The van der Waals surface area contributed by atoms with Crippen molar-refractivity contribution in [2.24, 2.45) is 0 Å². The van der Waals surface area contributed by atoms with E-state index in [4.69, 9.17) is 9.47 Å². The van der Waals surface area contributed by atoms with Gasteiger partial charge < -0.3 is 14.2 Å². The zero-order chi connectivity index (χ0) is 9.07. The van der Waals surface area contributed by atoms with Crippen molar-refractivity contribution in [3.8, 4) is 0 Å². The fourth-order valence-corrected chi connectivity index (χ4v) is 0.700. The van der Waals surface area contributed by atoms with Crippen LogP contribution in [-0.4, -0.2) is 40.0 Å². The van der Waals surface area contributed by atoms with Gasteiger partial charge in [-0.25, -0.2) is 0 Å². The van der Waals surface area contributed by atoms with Crippen molar-refractivity contribution in [2.75, 3.05) is 33.5 Å². The Kier molecular flexibility index (Phi) is 9.86. The minimum absolute atomic E-state index is 0.438. The highest BCUT2D eigenvalue weighted by Gasteiger charge is 1.89. The van der Waals surface area contributed by atoms with Crippen LogP contribution >= 0.6 is 0 Å². The largest absolute Gasteiger partial charge is 0.468 e. The molecule has 0 saturated carbocycles. The number of hydrogen-bond donors (Lipinski definition) is 0. The quantitative estimate of drug-likeness (QED) is 0.381. The molecule has 0 bridgehead atoms. The second-order valence-electron chi connectivity index (χ2n) is 2.28. The molecule has 0 aromatic carbocycles. The Morgan fingerprint density at radius 3 is 2.33 bits per heavy atom. The molecule has 0 amide bonds. The second-order valence-corrected chi connectivity index (χ2v) is 2.28. The standard InChI is InChI=1S/C8H16O4/c1-10-4-2-5-11-6-3-7-12-8-9/h8H,2-7H2,1H3. The van der Waals surface area contributed by atoms with Gasteiger partial charge in [-0.05, 0) is 6.42 Å². The number of carbonyl (C=O) groups is 1. The van der Waals surface area contributed by atoms with Crippen LogP contribution in [0.15, 0.2) is 0 Å². The molecule has 0 aromatic rings. The highest BCUT2D eigenvalue weighted by molar-refractivity contribution is 5.36. The average Bonchev–Trinajstić information content (AvgIpc) is 2.10. The minimum atomic E-state index is 0.438. The average molecular weight is 176 g/mol. The van der Waals surface area contributed by atoms with Gasteiger partial charge in [-0.1, -0.05) is 0 Å². The molecule has 0 fully saturated rings. The van der Waals surface area contributed by atoms with E-state index < -0.39 is 0 Å². The van der Waals surface area contributed by atoms with Gasteiger partial charge in [-0.2, -0.15) is 0 Å². The topological polar surface area (TPSA) is 44.8 Å². The summed E-state index contributed by atoms with van der Waals surface area (Å²) in [5, 5.41) is 0. The molecular weight excluding hydrogens is 160 g/mol. The van der Waals surface area contributed by atoms with Crippen molar-refractivity contribution in [1.29, 1.82) is 0 Å². The van der Waals surface area contributed by atoms with Crippen LogP contribution in [0.1, 0.15) is 12.8 Å². The van der Waals surface area contributed by atoms with Crippen LogP contribution in [0.25, 0.3) is 0 Å². The number of carbonyl (C=O) groups excluding carboxylic acids is 1. The Hall–Kier alpha value is -0.610. The van der Waals surface area contributed by atoms with E-state index in [-0.39, 0.29) is 0 Å². The van der Waals surface area contributed by atoms with Gasteiger partial charge in [-0.3, -0.25) is 4.79 Å². The molecule has 0 aromatic heterocycles. The van der Waals surface area contributed by atoms with Crippen molar-refractivity contribution >= 4 is 6.47 Å². The fraction of sp³-hybridized carbons (Fsp3) is 0.875. The Morgan fingerprint density at radius 2 is 1.75 bits per heavy atom. The van der Waals surface area contributed by atoms with Gasteiger partial charge in [0.05, 0.1) is 6.61 Å². The Bertz CT molecular complexity index is 95.1. The lowest BCUT2D eigenvalue weighted by molar-refractivity contribution is -0.129. The summed E-state index contributed by atoms with van der Waals surface area (Å²) in [5.74, 6) is 0. The molecule has 0 aliphatic rings. The number of hydrogen-bond acceptors (Lipinski definition) is 4. The zero-order valence-corrected chi connectivity index (χ0v) is 7.45. The van der Waals surface area contributed by atoms with Crippen LogP contribution in [0.4, 0.5) is 0 Å². The maximum atomic E-state index is 9.70. The van der Waals surface area contributed by atoms with Gasteiger partial charge >= 0.3 is 0 Å². The van der Waals surface area contributed by atoms with E-state index in [1.165, 1.54) is 0 Å². The third kappa shape index (κ3) is 9.39. The van der Waals surface area contributed by atoms with Crippen LogP contribution in [0.5, 0.6) is 0 Å². The van der Waals surface area contributed by atoms with Gasteiger partial charge in [0, 0.05) is 33.4 Å². The van der Waals surface area contributed by atoms with E-state index >= 15 is 0 Å². The molecule has 12 heavy (non-hydrogen) atoms. The number of methoxy groups -OCH3 is 1. The molecule has 72 valence electrons. The number of rotatable bonds is 9. The van der Waals surface area contributed by atoms with Gasteiger partial charge in [0.2, 0.25) is 0 Å². The molecule has 0 atom stereocenters. The molecule has 0 spiro atoms. The third-order valence-electron chi connectivity index (χ3n) is 1.26. The van der Waals surface area contributed by atoms with E-state index in [9.17, 15) is 4.79 Å². The molecule has 0 rings (SSSR count). The van der Waals surface area contributed by atoms with Crippen molar-refractivity contribution in [3.05, 3.63) is 0 Å². The summed E-state index contributed by atoms with van der Waals surface area (Å²) in [6.45, 7) is 2.95. The molecular formula is C8H16O4. The van der Waals surface area contributed by atoms with Crippen LogP contribution in [0.2, 0.25) is 0 Å². The van der Waals surface area contributed by atoms with E-state index in [2.05, 4.69) is 4.74 Å². The van der Waals surface area contributed by atoms with E-state index in [1.54, 1.807) is 7.11 Å². The normalized spacial score (nSPS) is 9.75. The summed E-state index contributed by atoms with van der Waals surface area (Å²) in [6, 6.07) is 0. The predicted molar refractivity (Wildman–Crippen MR) is 43.9 cm³/mol. The van der Waals surface area contributed by atoms with Gasteiger partial charge in [0.15, 0.2) is 0 Å². The van der Waals surface area contributed by atoms with Crippen LogP contribution in [0, 0.1) is 0 Å². The second kappa shape index (κ2) is 10.4. The highest BCUT2D eigenvalue weighted by Crippen LogP contribution is 1.87. The molecule has 0 unspecified atom stereocenters.